The second-order valence-corrected chi connectivity index (χ2v) is 3.80. The maximum absolute atomic E-state index is 9.75. The molecule has 0 atom stereocenters. The lowest BCUT2D eigenvalue weighted by atomic mass is 10.1. The monoisotopic (exact) mass is 192 g/mol. The van der Waals surface area contributed by atoms with Gasteiger partial charge in [0.05, 0.1) is 5.69 Å². The molecule has 1 aliphatic heterocycles. The molecule has 14 heavy (non-hydrogen) atoms. The summed E-state index contributed by atoms with van der Waals surface area (Å²) < 4.78 is 0. The minimum atomic E-state index is 0.363. The molecule has 1 aliphatic rings. The van der Waals surface area contributed by atoms with E-state index in [4.69, 9.17) is 0 Å². The summed E-state index contributed by atoms with van der Waals surface area (Å²) in [7, 11) is 0. The maximum Gasteiger partial charge on any atom is 0.140 e. The molecule has 1 aromatic rings. The van der Waals surface area contributed by atoms with Crippen molar-refractivity contribution in [1.82, 2.24) is 4.98 Å². The Balaban J connectivity index is 2.58. The Bertz CT molecular complexity index is 374. The Morgan fingerprint density at radius 2 is 2.14 bits per heavy atom. The topological polar surface area (TPSA) is 36.4 Å². The van der Waals surface area contributed by atoms with E-state index in [2.05, 4.69) is 16.8 Å². The largest absolute Gasteiger partial charge is 0.506 e. The van der Waals surface area contributed by atoms with Crippen molar-refractivity contribution in [2.24, 2.45) is 0 Å². The molecule has 0 aromatic carbocycles. The number of rotatable bonds is 1. The van der Waals surface area contributed by atoms with E-state index in [0.29, 0.717) is 5.75 Å². The predicted octanol–water partition coefficient (Wildman–Crippen LogP) is 1.79. The molecule has 0 saturated heterocycles. The van der Waals surface area contributed by atoms with Gasteiger partial charge < -0.3 is 10.0 Å². The van der Waals surface area contributed by atoms with E-state index in [1.165, 1.54) is 5.56 Å². The summed E-state index contributed by atoms with van der Waals surface area (Å²) >= 11 is 0. The van der Waals surface area contributed by atoms with Crippen LogP contribution in [0.25, 0.3) is 0 Å². The molecular formula is C11H16N2O. The average Bonchev–Trinajstić information content (AvgIpc) is 2.57. The number of hydrogen-bond acceptors (Lipinski definition) is 3. The number of pyridine rings is 1. The Morgan fingerprint density at radius 3 is 2.79 bits per heavy atom. The van der Waals surface area contributed by atoms with Crippen LogP contribution in [0.1, 0.15) is 23.7 Å². The second kappa shape index (κ2) is 3.15. The average molecular weight is 192 g/mol. The molecule has 0 fully saturated rings. The quantitative estimate of drug-likeness (QED) is 0.737. The Kier molecular flexibility index (Phi) is 2.10. The fraction of sp³-hybridized carbons (Fsp3) is 0.545. The van der Waals surface area contributed by atoms with Crippen molar-refractivity contribution in [3.05, 3.63) is 16.8 Å². The summed E-state index contributed by atoms with van der Waals surface area (Å²) in [5, 5.41) is 9.75. The van der Waals surface area contributed by atoms with Crippen molar-refractivity contribution in [1.29, 1.82) is 0 Å². The summed E-state index contributed by atoms with van der Waals surface area (Å²) in [5.74, 6) is 1.43. The molecule has 2 heterocycles. The molecule has 3 heteroatoms. The Hall–Kier alpha value is -1.25. The number of anilines is 1. The number of nitrogens with zero attached hydrogens (tertiary/aromatic N) is 2. The summed E-state index contributed by atoms with van der Waals surface area (Å²) in [6.07, 6.45) is 1.01. The minimum absolute atomic E-state index is 0.363. The molecule has 3 nitrogen and oxygen atoms in total. The molecule has 76 valence electrons. The third-order valence-corrected chi connectivity index (χ3v) is 3.01. The van der Waals surface area contributed by atoms with Gasteiger partial charge in [-0.25, -0.2) is 4.98 Å². The first-order valence-corrected chi connectivity index (χ1v) is 5.09. The molecule has 1 aromatic heterocycles. The number of aromatic nitrogens is 1. The normalized spacial score (nSPS) is 14.6. The Morgan fingerprint density at radius 1 is 1.43 bits per heavy atom. The van der Waals surface area contributed by atoms with Gasteiger partial charge in [-0.05, 0) is 32.8 Å². The SMILES string of the molecule is CCN1CCc2c1nc(C)c(O)c2C. The molecule has 0 aliphatic carbocycles. The summed E-state index contributed by atoms with van der Waals surface area (Å²) in [6, 6.07) is 0. The first-order valence-electron chi connectivity index (χ1n) is 5.09. The number of fused-ring (bicyclic) bond motifs is 1. The molecule has 2 rings (SSSR count). The van der Waals surface area contributed by atoms with Crippen LogP contribution in [0.15, 0.2) is 0 Å². The molecular weight excluding hydrogens is 176 g/mol. The number of aryl methyl sites for hydroxylation is 1. The van der Waals surface area contributed by atoms with E-state index in [9.17, 15) is 5.11 Å². The summed E-state index contributed by atoms with van der Waals surface area (Å²) in [4.78, 5) is 6.70. The van der Waals surface area contributed by atoms with E-state index in [1.807, 2.05) is 13.8 Å². The van der Waals surface area contributed by atoms with Gasteiger partial charge in [0.1, 0.15) is 11.6 Å². The van der Waals surface area contributed by atoms with Gasteiger partial charge >= 0.3 is 0 Å². The van der Waals surface area contributed by atoms with Crippen molar-refractivity contribution in [2.45, 2.75) is 27.2 Å². The van der Waals surface area contributed by atoms with Crippen LogP contribution in [-0.2, 0) is 6.42 Å². The van der Waals surface area contributed by atoms with E-state index in [1.54, 1.807) is 0 Å². The van der Waals surface area contributed by atoms with Gasteiger partial charge in [0.25, 0.3) is 0 Å². The van der Waals surface area contributed by atoms with Gasteiger partial charge in [0.15, 0.2) is 0 Å². The van der Waals surface area contributed by atoms with Gasteiger partial charge in [-0.2, -0.15) is 0 Å². The zero-order valence-electron chi connectivity index (χ0n) is 8.96. The van der Waals surface area contributed by atoms with Crippen LogP contribution in [0, 0.1) is 13.8 Å². The van der Waals surface area contributed by atoms with Gasteiger partial charge in [-0.15, -0.1) is 0 Å². The summed E-state index contributed by atoms with van der Waals surface area (Å²) in [5.41, 5.74) is 2.96. The van der Waals surface area contributed by atoms with Crippen LogP contribution in [0.3, 0.4) is 0 Å². The first-order chi connectivity index (χ1) is 6.65. The van der Waals surface area contributed by atoms with Crippen molar-refractivity contribution < 1.29 is 5.11 Å². The van der Waals surface area contributed by atoms with Crippen LogP contribution < -0.4 is 4.90 Å². The molecule has 0 unspecified atom stereocenters. The molecule has 1 N–H and O–H groups in total. The zero-order valence-corrected chi connectivity index (χ0v) is 8.96. The molecule has 0 amide bonds. The second-order valence-electron chi connectivity index (χ2n) is 3.80. The van der Waals surface area contributed by atoms with E-state index >= 15 is 0 Å². The number of aromatic hydroxyl groups is 1. The fourth-order valence-corrected chi connectivity index (χ4v) is 2.08. The minimum Gasteiger partial charge on any atom is -0.506 e. The highest BCUT2D eigenvalue weighted by Crippen LogP contribution is 2.34. The first kappa shape index (κ1) is 9.31. The van der Waals surface area contributed by atoms with Gasteiger partial charge in [-0.3, -0.25) is 0 Å². The van der Waals surface area contributed by atoms with E-state index < -0.39 is 0 Å². The standard InChI is InChI=1S/C11H16N2O/c1-4-13-6-5-9-7(2)10(14)8(3)12-11(9)13/h14H,4-6H2,1-3H3. The zero-order chi connectivity index (χ0) is 10.3. The lowest BCUT2D eigenvalue weighted by molar-refractivity contribution is 0.463. The smallest absolute Gasteiger partial charge is 0.140 e. The van der Waals surface area contributed by atoms with Crippen LogP contribution >= 0.6 is 0 Å². The van der Waals surface area contributed by atoms with Crippen molar-refractivity contribution in [3.63, 3.8) is 0 Å². The molecule has 0 spiro atoms. The van der Waals surface area contributed by atoms with Crippen molar-refractivity contribution in [3.8, 4) is 5.75 Å². The Labute approximate surface area is 84.4 Å². The fourth-order valence-electron chi connectivity index (χ4n) is 2.08. The lowest BCUT2D eigenvalue weighted by Crippen LogP contribution is -2.20. The third kappa shape index (κ3) is 1.15. The third-order valence-electron chi connectivity index (χ3n) is 3.01. The highest BCUT2D eigenvalue weighted by atomic mass is 16.3. The number of likely N-dealkylation sites (N-methyl/N-ethyl adjacent to an activating group) is 1. The van der Waals surface area contributed by atoms with Crippen LogP contribution in [-0.4, -0.2) is 23.2 Å². The number of hydrogen-bond donors (Lipinski definition) is 1. The highest BCUT2D eigenvalue weighted by molar-refractivity contribution is 5.59. The predicted molar refractivity (Wildman–Crippen MR) is 57.0 cm³/mol. The molecule has 0 saturated carbocycles. The molecule has 0 bridgehead atoms. The summed E-state index contributed by atoms with van der Waals surface area (Å²) in [6.45, 7) is 7.98. The lowest BCUT2D eigenvalue weighted by Gasteiger charge is -2.16. The van der Waals surface area contributed by atoms with E-state index in [0.717, 1.165) is 36.6 Å². The maximum atomic E-state index is 9.75. The van der Waals surface area contributed by atoms with Crippen LogP contribution in [0.4, 0.5) is 5.82 Å². The van der Waals surface area contributed by atoms with Crippen molar-refractivity contribution in [2.75, 3.05) is 18.0 Å². The van der Waals surface area contributed by atoms with Crippen LogP contribution in [0.2, 0.25) is 0 Å². The van der Waals surface area contributed by atoms with Gasteiger partial charge in [0, 0.05) is 18.7 Å². The molecule has 0 radical (unpaired) electrons. The van der Waals surface area contributed by atoms with Crippen molar-refractivity contribution >= 4 is 5.82 Å². The van der Waals surface area contributed by atoms with Crippen LogP contribution in [0.5, 0.6) is 5.75 Å². The van der Waals surface area contributed by atoms with Gasteiger partial charge in [0.2, 0.25) is 0 Å². The van der Waals surface area contributed by atoms with Gasteiger partial charge in [-0.1, -0.05) is 0 Å². The van der Waals surface area contributed by atoms with E-state index in [-0.39, 0.29) is 0 Å². The highest BCUT2D eigenvalue weighted by Gasteiger charge is 2.23.